The van der Waals surface area contributed by atoms with Gasteiger partial charge in [0.15, 0.2) is 5.65 Å². The number of hydrogen-bond donors (Lipinski definition) is 1. The number of anilines is 1. The molecule has 0 spiro atoms. The normalized spacial score (nSPS) is 11.2. The molecule has 0 bridgehead atoms. The number of amides is 1. The van der Waals surface area contributed by atoms with Crippen molar-refractivity contribution in [3.63, 3.8) is 0 Å². The third kappa shape index (κ3) is 5.02. The molecular formula is C23H18ClN3O4. The molecule has 0 atom stereocenters. The maximum absolute atomic E-state index is 12.3. The van der Waals surface area contributed by atoms with Crippen LogP contribution in [0.5, 0.6) is 5.75 Å². The second kappa shape index (κ2) is 8.89. The number of fused-ring (bicyclic) bond motifs is 1. The van der Waals surface area contributed by atoms with Crippen LogP contribution in [-0.2, 0) is 11.4 Å². The molecule has 7 nitrogen and oxygen atoms in total. The van der Waals surface area contributed by atoms with Crippen molar-refractivity contribution in [2.75, 3.05) is 5.32 Å². The lowest BCUT2D eigenvalue weighted by atomic mass is 10.2. The van der Waals surface area contributed by atoms with Gasteiger partial charge in [-0.1, -0.05) is 41.9 Å². The molecule has 2 aromatic carbocycles. The minimum absolute atomic E-state index is 0.0129. The molecule has 0 saturated carbocycles. The molecule has 31 heavy (non-hydrogen) atoms. The second-order valence-electron chi connectivity index (χ2n) is 6.75. The summed E-state index contributed by atoms with van der Waals surface area (Å²) in [4.78, 5) is 28.9. The van der Waals surface area contributed by atoms with Gasteiger partial charge >= 0.3 is 0 Å². The lowest BCUT2D eigenvalue weighted by Crippen LogP contribution is -2.15. The molecule has 0 radical (unpaired) electrons. The Hall–Kier alpha value is -3.84. The summed E-state index contributed by atoms with van der Waals surface area (Å²) in [6, 6.07) is 17.4. The number of ether oxygens (including phenoxy) is 1. The Morgan fingerprint density at radius 3 is 2.81 bits per heavy atom. The lowest BCUT2D eigenvalue weighted by Gasteiger charge is -2.12. The van der Waals surface area contributed by atoms with Gasteiger partial charge in [-0.15, -0.1) is 4.57 Å². The highest BCUT2D eigenvalue weighted by atomic mass is 35.5. The highest BCUT2D eigenvalue weighted by Crippen LogP contribution is 2.29. The van der Waals surface area contributed by atoms with Gasteiger partial charge in [-0.05, 0) is 30.7 Å². The summed E-state index contributed by atoms with van der Waals surface area (Å²) in [5, 5.41) is 3.22. The summed E-state index contributed by atoms with van der Waals surface area (Å²) >= 11 is 6.09. The molecule has 0 saturated heterocycles. The molecule has 1 N–H and O–H groups in total. The van der Waals surface area contributed by atoms with Crippen LogP contribution in [0.3, 0.4) is 0 Å². The van der Waals surface area contributed by atoms with Gasteiger partial charge in [-0.25, -0.2) is 4.98 Å². The van der Waals surface area contributed by atoms with Crippen LogP contribution < -0.4 is 15.6 Å². The molecule has 0 unspecified atom stereocenters. The van der Waals surface area contributed by atoms with Crippen LogP contribution in [0.2, 0.25) is 5.02 Å². The monoisotopic (exact) mass is 435 g/mol. The summed E-state index contributed by atoms with van der Waals surface area (Å²) in [7, 11) is 0. The largest absolute Gasteiger partial charge is 0.485 e. The van der Waals surface area contributed by atoms with Crippen molar-refractivity contribution in [1.29, 1.82) is 0 Å². The van der Waals surface area contributed by atoms with Crippen LogP contribution >= 0.6 is 11.6 Å². The summed E-state index contributed by atoms with van der Waals surface area (Å²) < 4.78 is 12.2. The van der Waals surface area contributed by atoms with E-state index >= 15 is 0 Å². The third-order valence-electron chi connectivity index (χ3n) is 4.33. The fraction of sp³-hybridized carbons (Fsp3) is 0.0870. The number of hydrogen-bond acceptors (Lipinski definition) is 5. The van der Waals surface area contributed by atoms with Crippen molar-refractivity contribution in [3.05, 3.63) is 99.1 Å². The maximum Gasteiger partial charge on any atom is 0.287 e. The molecule has 0 fully saturated rings. The van der Waals surface area contributed by atoms with E-state index in [0.717, 1.165) is 10.1 Å². The Kier molecular flexibility index (Phi) is 5.86. The van der Waals surface area contributed by atoms with E-state index < -0.39 is 0 Å². The van der Waals surface area contributed by atoms with Gasteiger partial charge in [0.1, 0.15) is 18.1 Å². The van der Waals surface area contributed by atoms with Gasteiger partial charge in [-0.2, -0.15) is 0 Å². The van der Waals surface area contributed by atoms with Crippen molar-refractivity contribution >= 4 is 34.9 Å². The molecule has 1 amide bonds. The number of carbonyl (C=O) groups is 1. The number of benzene rings is 2. The third-order valence-corrected chi connectivity index (χ3v) is 4.56. The smallest absolute Gasteiger partial charge is 0.287 e. The molecule has 4 aromatic rings. The van der Waals surface area contributed by atoms with Gasteiger partial charge in [-0.3, -0.25) is 9.59 Å². The number of rotatable bonds is 6. The zero-order chi connectivity index (χ0) is 21.8. The van der Waals surface area contributed by atoms with E-state index in [1.165, 1.54) is 12.1 Å². The molecule has 0 aliphatic heterocycles. The van der Waals surface area contributed by atoms with Crippen molar-refractivity contribution in [2.24, 2.45) is 0 Å². The van der Waals surface area contributed by atoms with Crippen LogP contribution in [0.15, 0.2) is 76.1 Å². The van der Waals surface area contributed by atoms with E-state index in [0.29, 0.717) is 33.6 Å². The molecular weight excluding hydrogens is 418 g/mol. The molecule has 0 aliphatic rings. The lowest BCUT2D eigenvalue weighted by molar-refractivity contribution is -0.111. The Labute approximate surface area is 182 Å². The fourth-order valence-electron chi connectivity index (χ4n) is 2.93. The van der Waals surface area contributed by atoms with Gasteiger partial charge in [0.05, 0.1) is 11.4 Å². The van der Waals surface area contributed by atoms with Crippen LogP contribution in [0.4, 0.5) is 5.69 Å². The highest BCUT2D eigenvalue weighted by Gasteiger charge is 2.11. The van der Waals surface area contributed by atoms with E-state index in [4.69, 9.17) is 20.9 Å². The molecule has 4 rings (SSSR count). The maximum atomic E-state index is 12.3. The minimum Gasteiger partial charge on any atom is -0.485 e. The zero-order valence-electron chi connectivity index (χ0n) is 16.5. The first-order chi connectivity index (χ1) is 15.0. The van der Waals surface area contributed by atoms with Crippen LogP contribution in [0.1, 0.15) is 17.0 Å². The summed E-state index contributed by atoms with van der Waals surface area (Å²) in [5.74, 6) is 0.619. The Balaban J connectivity index is 1.50. The summed E-state index contributed by atoms with van der Waals surface area (Å²) in [6.07, 6.45) is 3.15. The van der Waals surface area contributed by atoms with Crippen molar-refractivity contribution < 1.29 is 14.1 Å². The van der Waals surface area contributed by atoms with Crippen LogP contribution in [-0.4, -0.2) is 15.5 Å². The van der Waals surface area contributed by atoms with Crippen LogP contribution in [0, 0.1) is 6.92 Å². The first kappa shape index (κ1) is 20.4. The average Bonchev–Trinajstić information content (AvgIpc) is 3.14. The number of nitrogens with zero attached hydrogens (tertiary/aromatic N) is 2. The SMILES string of the molecule is Cc1cc2nc(COc3cc(Cl)ccc3NC(=O)C=Cc3ccccc3)cc(=O)n2o1. The number of carbonyl (C=O) groups excluding carboxylic acids is 1. The molecule has 8 heteroatoms. The van der Waals surface area contributed by atoms with Gasteiger partial charge in [0.25, 0.3) is 5.56 Å². The van der Waals surface area contributed by atoms with Gasteiger partial charge in [0.2, 0.25) is 5.91 Å². The fourth-order valence-corrected chi connectivity index (χ4v) is 3.09. The quantitative estimate of drug-likeness (QED) is 0.451. The Bertz CT molecular complexity index is 1330. The number of aromatic nitrogens is 2. The predicted octanol–water partition coefficient (Wildman–Crippen LogP) is 4.48. The predicted molar refractivity (Wildman–Crippen MR) is 118 cm³/mol. The van der Waals surface area contributed by atoms with E-state index in [1.807, 2.05) is 30.3 Å². The second-order valence-corrected chi connectivity index (χ2v) is 7.18. The summed E-state index contributed by atoms with van der Waals surface area (Å²) in [6.45, 7) is 1.75. The molecule has 156 valence electrons. The Morgan fingerprint density at radius 2 is 2.00 bits per heavy atom. The van der Waals surface area contributed by atoms with Gasteiger partial charge in [0, 0.05) is 29.3 Å². The van der Waals surface area contributed by atoms with E-state index in [1.54, 1.807) is 37.3 Å². The molecule has 2 aromatic heterocycles. The number of aryl methyl sites for hydroxylation is 1. The van der Waals surface area contributed by atoms with E-state index in [-0.39, 0.29) is 18.1 Å². The molecule has 2 heterocycles. The van der Waals surface area contributed by atoms with E-state index in [9.17, 15) is 9.59 Å². The van der Waals surface area contributed by atoms with Crippen molar-refractivity contribution in [2.45, 2.75) is 13.5 Å². The van der Waals surface area contributed by atoms with Crippen molar-refractivity contribution in [3.8, 4) is 5.75 Å². The molecule has 0 aliphatic carbocycles. The summed E-state index contributed by atoms with van der Waals surface area (Å²) in [5.41, 5.74) is 1.83. The van der Waals surface area contributed by atoms with Crippen molar-refractivity contribution in [1.82, 2.24) is 9.56 Å². The standard InChI is InChI=1S/C23H18ClN3O4/c1-15-11-21-25-18(13-23(29)27(21)31-15)14-30-20-12-17(24)8-9-19(20)26-22(28)10-7-16-5-3-2-4-6-16/h2-13H,14H2,1H3,(H,26,28). The van der Waals surface area contributed by atoms with Crippen LogP contribution in [0.25, 0.3) is 11.7 Å². The highest BCUT2D eigenvalue weighted by molar-refractivity contribution is 6.30. The van der Waals surface area contributed by atoms with Gasteiger partial charge < -0.3 is 14.6 Å². The topological polar surface area (TPSA) is 85.8 Å². The minimum atomic E-state index is -0.345. The number of halogens is 1. The average molecular weight is 436 g/mol. The zero-order valence-corrected chi connectivity index (χ0v) is 17.3. The Morgan fingerprint density at radius 1 is 1.19 bits per heavy atom. The first-order valence-corrected chi connectivity index (χ1v) is 9.82. The number of nitrogens with one attached hydrogen (secondary N) is 1. The van der Waals surface area contributed by atoms with E-state index in [2.05, 4.69) is 10.3 Å². The first-order valence-electron chi connectivity index (χ1n) is 9.44.